The van der Waals surface area contributed by atoms with Gasteiger partial charge in [0, 0.05) is 23.8 Å². The summed E-state index contributed by atoms with van der Waals surface area (Å²) in [7, 11) is 1.69. The van der Waals surface area contributed by atoms with Gasteiger partial charge in [-0.1, -0.05) is 64.5 Å². The number of aromatic nitrogens is 2. The van der Waals surface area contributed by atoms with Crippen LogP contribution in [0.1, 0.15) is 24.4 Å². The van der Waals surface area contributed by atoms with Crippen molar-refractivity contribution in [3.05, 3.63) is 105 Å². The first-order chi connectivity index (χ1) is 15.4. The van der Waals surface area contributed by atoms with Crippen LogP contribution in [-0.2, 0) is 13.6 Å². The Kier molecular flexibility index (Phi) is 6.37. The third-order valence-electron chi connectivity index (χ3n) is 5.39. The van der Waals surface area contributed by atoms with Crippen molar-refractivity contribution in [2.75, 3.05) is 5.32 Å². The lowest BCUT2D eigenvalue weighted by Gasteiger charge is -2.30. The number of carbonyl (C=O) groups excluding carboxylic acids is 1. The Bertz CT molecular complexity index is 1320. The van der Waals surface area contributed by atoms with Gasteiger partial charge in [0.05, 0.1) is 16.9 Å². The number of amides is 2. The van der Waals surface area contributed by atoms with Crippen LogP contribution in [-0.4, -0.2) is 20.5 Å². The number of para-hydroxylation sites is 1. The number of halogens is 1. The zero-order chi connectivity index (χ0) is 22.7. The van der Waals surface area contributed by atoms with Crippen molar-refractivity contribution in [2.45, 2.75) is 19.5 Å². The highest BCUT2D eigenvalue weighted by Crippen LogP contribution is 2.24. The number of anilines is 1. The van der Waals surface area contributed by atoms with E-state index in [9.17, 15) is 9.59 Å². The normalized spacial score (nSPS) is 11.8. The summed E-state index contributed by atoms with van der Waals surface area (Å²) < 4.78 is 2.40. The summed E-state index contributed by atoms with van der Waals surface area (Å²) in [5.41, 5.74) is 2.14. The van der Waals surface area contributed by atoms with Gasteiger partial charge in [-0.05, 0) is 42.8 Å². The summed E-state index contributed by atoms with van der Waals surface area (Å²) in [6.45, 7) is 2.25. The quantitative estimate of drug-likeness (QED) is 0.402. The molecular weight excluding hydrogens is 468 g/mol. The van der Waals surface area contributed by atoms with E-state index in [1.165, 1.54) is 4.57 Å². The fourth-order valence-electron chi connectivity index (χ4n) is 3.67. The second-order valence-electron chi connectivity index (χ2n) is 7.58. The summed E-state index contributed by atoms with van der Waals surface area (Å²) in [6, 6.07) is 23.7. The molecule has 3 aromatic carbocycles. The Morgan fingerprint density at radius 1 is 1.06 bits per heavy atom. The first-order valence-electron chi connectivity index (χ1n) is 10.3. The average Bonchev–Trinajstić information content (AvgIpc) is 2.80. The molecular formula is C25H23BrN4O2. The topological polar surface area (TPSA) is 67.2 Å². The fourth-order valence-corrected chi connectivity index (χ4v) is 4.07. The monoisotopic (exact) mass is 490 g/mol. The molecule has 0 radical (unpaired) electrons. The minimum absolute atomic E-state index is 0.135. The minimum Gasteiger partial charge on any atom is -0.310 e. The van der Waals surface area contributed by atoms with Gasteiger partial charge in [-0.15, -0.1) is 0 Å². The molecule has 1 aromatic heterocycles. The Hall–Kier alpha value is -3.45. The Morgan fingerprint density at radius 2 is 1.78 bits per heavy atom. The van der Waals surface area contributed by atoms with E-state index in [0.717, 1.165) is 10.0 Å². The summed E-state index contributed by atoms with van der Waals surface area (Å²) in [5.74, 6) is 0.522. The zero-order valence-electron chi connectivity index (χ0n) is 17.8. The molecule has 1 atom stereocenters. The van der Waals surface area contributed by atoms with Gasteiger partial charge in [-0.2, -0.15) is 0 Å². The van der Waals surface area contributed by atoms with E-state index in [4.69, 9.17) is 4.98 Å². The third kappa shape index (κ3) is 4.57. The van der Waals surface area contributed by atoms with E-state index in [-0.39, 0.29) is 11.6 Å². The second-order valence-corrected chi connectivity index (χ2v) is 8.50. The van der Waals surface area contributed by atoms with Crippen molar-refractivity contribution >= 4 is 38.6 Å². The van der Waals surface area contributed by atoms with Crippen molar-refractivity contribution in [1.82, 2.24) is 14.5 Å². The van der Waals surface area contributed by atoms with Crippen LogP contribution in [0.3, 0.4) is 0 Å². The summed E-state index contributed by atoms with van der Waals surface area (Å²) in [6.07, 6.45) is 0. The van der Waals surface area contributed by atoms with Crippen LogP contribution in [0.5, 0.6) is 0 Å². The third-order valence-corrected chi connectivity index (χ3v) is 5.88. The van der Waals surface area contributed by atoms with E-state index in [0.29, 0.717) is 29.0 Å². The van der Waals surface area contributed by atoms with Crippen molar-refractivity contribution in [1.29, 1.82) is 0 Å². The van der Waals surface area contributed by atoms with Crippen LogP contribution < -0.4 is 10.9 Å². The summed E-state index contributed by atoms with van der Waals surface area (Å²) in [5, 5.41) is 3.52. The van der Waals surface area contributed by atoms with Crippen LogP contribution in [0.15, 0.2) is 88.1 Å². The Labute approximate surface area is 194 Å². The molecule has 0 fully saturated rings. The number of urea groups is 1. The zero-order valence-corrected chi connectivity index (χ0v) is 19.4. The predicted molar refractivity (Wildman–Crippen MR) is 131 cm³/mol. The van der Waals surface area contributed by atoms with Crippen LogP contribution in [0.4, 0.5) is 10.5 Å². The van der Waals surface area contributed by atoms with Gasteiger partial charge in [0.15, 0.2) is 0 Å². The molecule has 32 heavy (non-hydrogen) atoms. The first-order valence-corrected chi connectivity index (χ1v) is 11.1. The molecule has 4 aromatic rings. The largest absolute Gasteiger partial charge is 0.322 e. The van der Waals surface area contributed by atoms with Gasteiger partial charge in [0.1, 0.15) is 5.82 Å². The molecule has 1 unspecified atom stereocenters. The van der Waals surface area contributed by atoms with Crippen LogP contribution in [0.2, 0.25) is 0 Å². The van der Waals surface area contributed by atoms with Gasteiger partial charge in [0.2, 0.25) is 0 Å². The van der Waals surface area contributed by atoms with Crippen LogP contribution in [0, 0.1) is 0 Å². The lowest BCUT2D eigenvalue weighted by Crippen LogP contribution is -2.39. The number of fused-ring (bicyclic) bond motifs is 1. The summed E-state index contributed by atoms with van der Waals surface area (Å²) in [4.78, 5) is 32.7. The van der Waals surface area contributed by atoms with Crippen molar-refractivity contribution < 1.29 is 4.79 Å². The molecule has 0 saturated carbocycles. The number of hydrogen-bond donors (Lipinski definition) is 1. The maximum absolute atomic E-state index is 13.4. The lowest BCUT2D eigenvalue weighted by molar-refractivity contribution is 0.185. The highest BCUT2D eigenvalue weighted by Gasteiger charge is 2.26. The molecule has 0 aliphatic carbocycles. The first kappa shape index (κ1) is 21.8. The van der Waals surface area contributed by atoms with Crippen molar-refractivity contribution in [3.8, 4) is 0 Å². The second kappa shape index (κ2) is 9.36. The van der Waals surface area contributed by atoms with E-state index >= 15 is 0 Å². The maximum atomic E-state index is 13.4. The van der Waals surface area contributed by atoms with E-state index < -0.39 is 6.04 Å². The number of carbonyl (C=O) groups is 1. The molecule has 4 rings (SSSR count). The fraction of sp³-hybridized carbons (Fsp3) is 0.160. The van der Waals surface area contributed by atoms with Crippen molar-refractivity contribution in [2.24, 2.45) is 7.05 Å². The molecule has 0 aliphatic heterocycles. The number of nitrogens with one attached hydrogen (secondary N) is 1. The molecule has 162 valence electrons. The highest BCUT2D eigenvalue weighted by molar-refractivity contribution is 9.10. The van der Waals surface area contributed by atoms with Gasteiger partial charge in [-0.3, -0.25) is 9.36 Å². The molecule has 6 nitrogen and oxygen atoms in total. The van der Waals surface area contributed by atoms with Crippen LogP contribution >= 0.6 is 15.9 Å². The Morgan fingerprint density at radius 3 is 2.53 bits per heavy atom. The van der Waals surface area contributed by atoms with Gasteiger partial charge < -0.3 is 10.2 Å². The highest BCUT2D eigenvalue weighted by atomic mass is 79.9. The van der Waals surface area contributed by atoms with Crippen LogP contribution in [0.25, 0.3) is 10.9 Å². The van der Waals surface area contributed by atoms with Gasteiger partial charge in [-0.25, -0.2) is 9.78 Å². The smallest absolute Gasteiger partial charge is 0.310 e. The predicted octanol–water partition coefficient (Wildman–Crippen LogP) is 5.49. The number of benzene rings is 3. The summed E-state index contributed by atoms with van der Waals surface area (Å²) >= 11 is 3.44. The standard InChI is InChI=1S/C25H23BrN4O2/c1-17(23-28-22-14-7-6-13-21(22)24(31)29(23)2)30(16-18-9-4-3-5-10-18)25(32)27-20-12-8-11-19(26)15-20/h3-15,17H,16H2,1-2H3,(H,27,32). The molecule has 0 bridgehead atoms. The van der Waals surface area contributed by atoms with E-state index in [1.807, 2.05) is 79.7 Å². The average molecular weight is 491 g/mol. The molecule has 0 saturated heterocycles. The van der Waals surface area contributed by atoms with E-state index in [2.05, 4.69) is 21.2 Å². The molecule has 1 N–H and O–H groups in total. The molecule has 2 amide bonds. The number of nitrogens with zero attached hydrogens (tertiary/aromatic N) is 3. The molecule has 0 aliphatic rings. The number of rotatable bonds is 5. The van der Waals surface area contributed by atoms with Gasteiger partial charge in [0.25, 0.3) is 5.56 Å². The molecule has 7 heteroatoms. The Balaban J connectivity index is 1.73. The minimum atomic E-state index is -0.454. The SMILES string of the molecule is CC(c1nc2ccccc2c(=O)n1C)N(Cc1ccccc1)C(=O)Nc1cccc(Br)c1. The van der Waals surface area contributed by atoms with E-state index in [1.54, 1.807) is 18.0 Å². The van der Waals surface area contributed by atoms with Gasteiger partial charge >= 0.3 is 6.03 Å². The van der Waals surface area contributed by atoms with Crippen molar-refractivity contribution in [3.63, 3.8) is 0 Å². The molecule has 1 heterocycles. The maximum Gasteiger partial charge on any atom is 0.322 e. The lowest BCUT2D eigenvalue weighted by atomic mass is 10.1. The molecule has 0 spiro atoms. The number of hydrogen-bond acceptors (Lipinski definition) is 3.